The van der Waals surface area contributed by atoms with Crippen molar-refractivity contribution >= 4 is 17.5 Å². The van der Waals surface area contributed by atoms with Crippen LogP contribution in [0, 0.1) is 0 Å². The van der Waals surface area contributed by atoms with Gasteiger partial charge in [-0.05, 0) is 23.6 Å². The Hall–Kier alpha value is -1.92. The van der Waals surface area contributed by atoms with E-state index in [1.54, 1.807) is 19.0 Å². The summed E-state index contributed by atoms with van der Waals surface area (Å²) in [6.45, 7) is 0. The van der Waals surface area contributed by atoms with E-state index < -0.39 is 6.04 Å². The second-order valence-electron chi connectivity index (χ2n) is 4.64. The van der Waals surface area contributed by atoms with Crippen molar-refractivity contribution in [3.8, 4) is 0 Å². The van der Waals surface area contributed by atoms with Crippen molar-refractivity contribution in [1.29, 1.82) is 0 Å². The van der Waals surface area contributed by atoms with Crippen LogP contribution in [0.25, 0.3) is 0 Å². The summed E-state index contributed by atoms with van der Waals surface area (Å²) in [7, 11) is 3.38. The number of nitrogens with zero attached hydrogens (tertiary/aromatic N) is 1. The van der Waals surface area contributed by atoms with Crippen LogP contribution < -0.4 is 21.5 Å². The number of anilines is 1. The molecule has 6 nitrogen and oxygen atoms in total. The van der Waals surface area contributed by atoms with Gasteiger partial charge in [-0.15, -0.1) is 0 Å². The van der Waals surface area contributed by atoms with Crippen LogP contribution in [-0.4, -0.2) is 32.0 Å². The van der Waals surface area contributed by atoms with Crippen molar-refractivity contribution in [2.24, 2.45) is 5.73 Å². The SMILES string of the molecule is CNNC(=O)C(N)Cc1ccc2c(c1)CC(=O)N2C. The van der Waals surface area contributed by atoms with Crippen LogP contribution >= 0.6 is 0 Å². The van der Waals surface area contributed by atoms with Gasteiger partial charge in [0.25, 0.3) is 5.91 Å². The molecule has 102 valence electrons. The smallest absolute Gasteiger partial charge is 0.251 e. The average molecular weight is 262 g/mol. The van der Waals surface area contributed by atoms with Crippen LogP contribution in [0.5, 0.6) is 0 Å². The van der Waals surface area contributed by atoms with E-state index in [9.17, 15) is 9.59 Å². The van der Waals surface area contributed by atoms with Gasteiger partial charge in [-0.2, -0.15) is 0 Å². The van der Waals surface area contributed by atoms with Crippen LogP contribution in [0.2, 0.25) is 0 Å². The summed E-state index contributed by atoms with van der Waals surface area (Å²) < 4.78 is 0. The van der Waals surface area contributed by atoms with E-state index >= 15 is 0 Å². The normalized spacial score (nSPS) is 15.3. The molecule has 0 bridgehead atoms. The Morgan fingerprint density at radius 3 is 2.95 bits per heavy atom. The topological polar surface area (TPSA) is 87.5 Å². The van der Waals surface area contributed by atoms with Crippen LogP contribution in [-0.2, 0) is 22.4 Å². The lowest BCUT2D eigenvalue weighted by Gasteiger charge is -2.13. The molecular weight excluding hydrogens is 244 g/mol. The molecule has 0 aliphatic carbocycles. The van der Waals surface area contributed by atoms with E-state index in [2.05, 4.69) is 10.9 Å². The molecule has 1 aromatic carbocycles. The third-order valence-electron chi connectivity index (χ3n) is 3.26. The van der Waals surface area contributed by atoms with Gasteiger partial charge in [-0.25, -0.2) is 5.43 Å². The number of hydrogen-bond acceptors (Lipinski definition) is 4. The van der Waals surface area contributed by atoms with E-state index in [0.717, 1.165) is 16.8 Å². The Morgan fingerprint density at radius 1 is 1.53 bits per heavy atom. The lowest BCUT2D eigenvalue weighted by molar-refractivity contribution is -0.123. The lowest BCUT2D eigenvalue weighted by Crippen LogP contribution is -2.46. The van der Waals surface area contributed by atoms with Gasteiger partial charge in [0.1, 0.15) is 0 Å². The summed E-state index contributed by atoms with van der Waals surface area (Å²) in [5.74, 6) is -0.166. The number of nitrogens with one attached hydrogen (secondary N) is 2. The fourth-order valence-corrected chi connectivity index (χ4v) is 2.21. The molecule has 1 unspecified atom stereocenters. The fourth-order valence-electron chi connectivity index (χ4n) is 2.21. The predicted octanol–water partition coefficient (Wildman–Crippen LogP) is -0.674. The van der Waals surface area contributed by atoms with Crippen molar-refractivity contribution in [2.75, 3.05) is 19.0 Å². The second-order valence-corrected chi connectivity index (χ2v) is 4.64. The standard InChI is InChI=1S/C13H18N4O2/c1-15-16-13(19)10(14)6-8-3-4-11-9(5-8)7-12(18)17(11)2/h3-5,10,15H,6-7,14H2,1-2H3,(H,16,19). The molecule has 0 spiro atoms. The highest BCUT2D eigenvalue weighted by molar-refractivity contribution is 6.00. The Bertz CT molecular complexity index is 515. The monoisotopic (exact) mass is 262 g/mol. The summed E-state index contributed by atoms with van der Waals surface area (Å²) in [5, 5.41) is 0. The Morgan fingerprint density at radius 2 is 2.26 bits per heavy atom. The molecule has 1 aliphatic heterocycles. The second kappa shape index (κ2) is 5.38. The lowest BCUT2D eigenvalue weighted by atomic mass is 10.0. The summed E-state index contributed by atoms with van der Waals surface area (Å²) >= 11 is 0. The molecule has 2 rings (SSSR count). The number of nitrogens with two attached hydrogens (primary N) is 1. The zero-order valence-corrected chi connectivity index (χ0v) is 11.1. The largest absolute Gasteiger partial charge is 0.320 e. The highest BCUT2D eigenvalue weighted by Crippen LogP contribution is 2.28. The maximum atomic E-state index is 11.6. The molecule has 1 aromatic rings. The van der Waals surface area contributed by atoms with Crippen molar-refractivity contribution < 1.29 is 9.59 Å². The number of rotatable bonds is 4. The number of likely N-dealkylation sites (N-methyl/N-ethyl adjacent to an activating group) is 1. The highest BCUT2D eigenvalue weighted by atomic mass is 16.2. The summed E-state index contributed by atoms with van der Waals surface area (Å²) in [5.41, 5.74) is 13.7. The average Bonchev–Trinajstić information content (AvgIpc) is 2.65. The first-order valence-corrected chi connectivity index (χ1v) is 6.13. The number of fused-ring (bicyclic) bond motifs is 1. The molecular formula is C13H18N4O2. The summed E-state index contributed by atoms with van der Waals surface area (Å²) in [6, 6.07) is 5.14. The number of hydrogen-bond donors (Lipinski definition) is 3. The summed E-state index contributed by atoms with van der Waals surface area (Å²) in [4.78, 5) is 24.8. The zero-order chi connectivity index (χ0) is 14.0. The Kier molecular flexibility index (Phi) is 3.82. The fraction of sp³-hybridized carbons (Fsp3) is 0.385. The van der Waals surface area contributed by atoms with Crippen LogP contribution in [0.15, 0.2) is 18.2 Å². The Balaban J connectivity index is 2.10. The Labute approximate surface area is 111 Å². The maximum absolute atomic E-state index is 11.6. The van der Waals surface area contributed by atoms with Gasteiger partial charge >= 0.3 is 0 Å². The molecule has 1 atom stereocenters. The van der Waals surface area contributed by atoms with Crippen molar-refractivity contribution in [1.82, 2.24) is 10.9 Å². The molecule has 0 radical (unpaired) electrons. The predicted molar refractivity (Wildman–Crippen MR) is 72.4 cm³/mol. The number of carbonyl (C=O) groups excluding carboxylic acids is 2. The van der Waals surface area contributed by atoms with Gasteiger partial charge in [0.2, 0.25) is 5.91 Å². The van der Waals surface area contributed by atoms with Gasteiger partial charge in [-0.1, -0.05) is 12.1 Å². The molecule has 1 aliphatic rings. The highest BCUT2D eigenvalue weighted by Gasteiger charge is 2.24. The minimum Gasteiger partial charge on any atom is -0.320 e. The van der Waals surface area contributed by atoms with Crippen LogP contribution in [0.1, 0.15) is 11.1 Å². The van der Waals surface area contributed by atoms with E-state index in [0.29, 0.717) is 12.8 Å². The third-order valence-corrected chi connectivity index (χ3v) is 3.26. The van der Waals surface area contributed by atoms with Crippen LogP contribution in [0.3, 0.4) is 0 Å². The van der Waals surface area contributed by atoms with Gasteiger partial charge in [0.15, 0.2) is 0 Å². The van der Waals surface area contributed by atoms with Crippen molar-refractivity contribution in [3.63, 3.8) is 0 Å². The third kappa shape index (κ3) is 2.74. The van der Waals surface area contributed by atoms with E-state index in [4.69, 9.17) is 5.73 Å². The van der Waals surface area contributed by atoms with Gasteiger partial charge in [0.05, 0.1) is 12.5 Å². The van der Waals surface area contributed by atoms with Gasteiger partial charge in [0, 0.05) is 19.8 Å². The number of carbonyl (C=O) groups is 2. The molecule has 4 N–H and O–H groups in total. The maximum Gasteiger partial charge on any atom is 0.251 e. The van der Waals surface area contributed by atoms with E-state index in [1.807, 2.05) is 18.2 Å². The molecule has 0 aromatic heterocycles. The molecule has 6 heteroatoms. The van der Waals surface area contributed by atoms with E-state index in [-0.39, 0.29) is 11.8 Å². The van der Waals surface area contributed by atoms with E-state index in [1.165, 1.54) is 0 Å². The van der Waals surface area contributed by atoms with Gasteiger partial charge < -0.3 is 10.6 Å². The first-order valence-electron chi connectivity index (χ1n) is 6.13. The molecule has 2 amide bonds. The first-order chi connectivity index (χ1) is 9.02. The number of amides is 2. The molecule has 0 fully saturated rings. The zero-order valence-electron chi connectivity index (χ0n) is 11.1. The van der Waals surface area contributed by atoms with Crippen molar-refractivity contribution in [3.05, 3.63) is 29.3 Å². The minimum atomic E-state index is -0.611. The quantitative estimate of drug-likeness (QED) is 0.628. The molecule has 0 saturated carbocycles. The number of benzene rings is 1. The molecule has 19 heavy (non-hydrogen) atoms. The number of hydrazine groups is 1. The summed E-state index contributed by atoms with van der Waals surface area (Å²) in [6.07, 6.45) is 0.857. The van der Waals surface area contributed by atoms with Crippen LogP contribution in [0.4, 0.5) is 5.69 Å². The van der Waals surface area contributed by atoms with Crippen molar-refractivity contribution in [2.45, 2.75) is 18.9 Å². The van der Waals surface area contributed by atoms with Gasteiger partial charge in [-0.3, -0.25) is 15.0 Å². The minimum absolute atomic E-state index is 0.0874. The molecule has 1 heterocycles. The molecule has 0 saturated heterocycles. The first kappa shape index (κ1) is 13.5.